The Bertz CT molecular complexity index is 735. The molecule has 3 heterocycles. The van der Waals surface area contributed by atoms with Gasteiger partial charge in [-0.05, 0) is 19.1 Å². The quantitative estimate of drug-likeness (QED) is 0.740. The predicted octanol–water partition coefficient (Wildman–Crippen LogP) is 1.32. The summed E-state index contributed by atoms with van der Waals surface area (Å²) in [6.45, 7) is 5.97. The van der Waals surface area contributed by atoms with Crippen molar-refractivity contribution >= 4 is 17.5 Å². The fourth-order valence-corrected chi connectivity index (χ4v) is 3.09. The number of hydrogen-bond donors (Lipinski definition) is 0. The Labute approximate surface area is 147 Å². The minimum Gasteiger partial charge on any atom is -0.466 e. The second-order valence-electron chi connectivity index (χ2n) is 6.14. The number of esters is 1. The van der Waals surface area contributed by atoms with Gasteiger partial charge in [-0.15, -0.1) is 0 Å². The molecule has 1 aliphatic rings. The van der Waals surface area contributed by atoms with E-state index in [-0.39, 0.29) is 24.7 Å². The summed E-state index contributed by atoms with van der Waals surface area (Å²) in [5.41, 5.74) is 2.10. The number of hydrogen-bond acceptors (Lipinski definition) is 5. The van der Waals surface area contributed by atoms with E-state index in [1.807, 2.05) is 35.5 Å². The Kier molecular flexibility index (Phi) is 5.65. The molecule has 0 atom stereocenters. The monoisotopic (exact) mass is 344 g/mol. The van der Waals surface area contributed by atoms with E-state index in [0.29, 0.717) is 19.7 Å². The van der Waals surface area contributed by atoms with Gasteiger partial charge in [0, 0.05) is 45.3 Å². The van der Waals surface area contributed by atoms with Crippen LogP contribution in [0.4, 0.5) is 0 Å². The molecule has 1 fully saturated rings. The van der Waals surface area contributed by atoms with Crippen LogP contribution in [0.25, 0.3) is 5.65 Å². The summed E-state index contributed by atoms with van der Waals surface area (Å²) in [5.74, 6) is -0.274. The van der Waals surface area contributed by atoms with E-state index in [1.54, 1.807) is 6.92 Å². The van der Waals surface area contributed by atoms with E-state index in [4.69, 9.17) is 4.74 Å². The number of piperazine rings is 1. The van der Waals surface area contributed by atoms with Gasteiger partial charge in [0.2, 0.25) is 5.91 Å². The van der Waals surface area contributed by atoms with Crippen molar-refractivity contribution in [3.05, 3.63) is 36.3 Å². The summed E-state index contributed by atoms with van der Waals surface area (Å²) >= 11 is 0. The van der Waals surface area contributed by atoms with Gasteiger partial charge in [0.15, 0.2) is 0 Å². The van der Waals surface area contributed by atoms with E-state index in [0.717, 1.165) is 31.0 Å². The molecule has 1 aliphatic heterocycles. The number of amides is 1. The van der Waals surface area contributed by atoms with Gasteiger partial charge in [0.1, 0.15) is 5.65 Å². The molecule has 0 bridgehead atoms. The largest absolute Gasteiger partial charge is 0.466 e. The van der Waals surface area contributed by atoms with Gasteiger partial charge >= 0.3 is 5.97 Å². The number of carbonyl (C=O) groups excluding carboxylic acids is 2. The summed E-state index contributed by atoms with van der Waals surface area (Å²) in [6, 6.07) is 5.97. The van der Waals surface area contributed by atoms with Crippen LogP contribution in [0.15, 0.2) is 30.6 Å². The lowest BCUT2D eigenvalue weighted by atomic mass is 10.2. The smallest absolute Gasteiger partial charge is 0.306 e. The van der Waals surface area contributed by atoms with E-state index in [2.05, 4.69) is 14.3 Å². The lowest BCUT2D eigenvalue weighted by molar-refractivity contribution is -0.146. The maximum absolute atomic E-state index is 12.2. The lowest BCUT2D eigenvalue weighted by Gasteiger charge is -2.34. The number of ether oxygens (including phenoxy) is 1. The highest BCUT2D eigenvalue weighted by atomic mass is 16.5. The second kappa shape index (κ2) is 8.11. The van der Waals surface area contributed by atoms with Crippen LogP contribution in [-0.2, 0) is 20.9 Å². The summed E-state index contributed by atoms with van der Waals surface area (Å²) in [6.07, 6.45) is 4.32. The predicted molar refractivity (Wildman–Crippen MR) is 92.9 cm³/mol. The molecule has 0 unspecified atom stereocenters. The highest BCUT2D eigenvalue weighted by Gasteiger charge is 2.22. The van der Waals surface area contributed by atoms with Crippen molar-refractivity contribution in [1.82, 2.24) is 19.2 Å². The fraction of sp³-hybridized carbons (Fsp3) is 0.500. The third-order valence-corrected chi connectivity index (χ3v) is 4.45. The molecule has 1 amide bonds. The zero-order valence-electron chi connectivity index (χ0n) is 14.6. The van der Waals surface area contributed by atoms with Gasteiger partial charge in [-0.25, -0.2) is 4.98 Å². The molecule has 0 spiro atoms. The second-order valence-corrected chi connectivity index (χ2v) is 6.14. The molecule has 2 aromatic heterocycles. The molecule has 0 radical (unpaired) electrons. The molecule has 25 heavy (non-hydrogen) atoms. The molecule has 0 saturated carbocycles. The van der Waals surface area contributed by atoms with Gasteiger partial charge in [0.25, 0.3) is 0 Å². The first-order chi connectivity index (χ1) is 12.2. The standard InChI is InChI=1S/C18H24N4O3/c1-2-25-18(24)7-6-17(23)21-11-9-20(10-12-21)14-15-13-19-16-5-3-4-8-22(15)16/h3-5,8,13H,2,6-7,9-12,14H2,1H3. The molecule has 3 rings (SSSR count). The van der Waals surface area contributed by atoms with Crippen LogP contribution >= 0.6 is 0 Å². The van der Waals surface area contributed by atoms with Crippen molar-refractivity contribution in [2.24, 2.45) is 0 Å². The number of nitrogens with zero attached hydrogens (tertiary/aromatic N) is 4. The van der Waals surface area contributed by atoms with Crippen LogP contribution in [0.2, 0.25) is 0 Å². The van der Waals surface area contributed by atoms with Crippen LogP contribution in [0.3, 0.4) is 0 Å². The molecule has 134 valence electrons. The number of aromatic nitrogens is 2. The third-order valence-electron chi connectivity index (χ3n) is 4.45. The molecule has 1 saturated heterocycles. The van der Waals surface area contributed by atoms with E-state index < -0.39 is 0 Å². The molecule has 0 aliphatic carbocycles. The highest BCUT2D eigenvalue weighted by molar-refractivity contribution is 5.81. The average Bonchev–Trinajstić information content (AvgIpc) is 3.04. The van der Waals surface area contributed by atoms with Crippen molar-refractivity contribution in [3.8, 4) is 0 Å². The lowest BCUT2D eigenvalue weighted by Crippen LogP contribution is -2.48. The maximum atomic E-state index is 12.2. The zero-order valence-corrected chi connectivity index (χ0v) is 14.6. The van der Waals surface area contributed by atoms with Gasteiger partial charge in [0.05, 0.1) is 24.9 Å². The number of imidazole rings is 1. The number of rotatable bonds is 6. The SMILES string of the molecule is CCOC(=O)CCC(=O)N1CCN(Cc2cnc3ccccn23)CC1. The van der Waals surface area contributed by atoms with Crippen LogP contribution in [-0.4, -0.2) is 63.8 Å². The average molecular weight is 344 g/mol. The minimum absolute atomic E-state index is 0.0301. The van der Waals surface area contributed by atoms with E-state index in [1.165, 1.54) is 0 Å². The first-order valence-electron chi connectivity index (χ1n) is 8.74. The van der Waals surface area contributed by atoms with Crippen LogP contribution in [0.1, 0.15) is 25.5 Å². The first-order valence-corrected chi connectivity index (χ1v) is 8.74. The van der Waals surface area contributed by atoms with Crippen molar-refractivity contribution in [3.63, 3.8) is 0 Å². The molecule has 7 heteroatoms. The van der Waals surface area contributed by atoms with Gasteiger partial charge in [-0.1, -0.05) is 6.07 Å². The van der Waals surface area contributed by atoms with E-state index >= 15 is 0 Å². The molecule has 0 aromatic carbocycles. The number of fused-ring (bicyclic) bond motifs is 1. The molecular formula is C18H24N4O3. The summed E-state index contributed by atoms with van der Waals surface area (Å²) in [5, 5.41) is 0. The summed E-state index contributed by atoms with van der Waals surface area (Å²) < 4.78 is 6.96. The maximum Gasteiger partial charge on any atom is 0.306 e. The number of pyridine rings is 1. The molecule has 2 aromatic rings. The van der Waals surface area contributed by atoms with Crippen LogP contribution < -0.4 is 0 Å². The fourth-order valence-electron chi connectivity index (χ4n) is 3.09. The first kappa shape index (κ1) is 17.4. The topological polar surface area (TPSA) is 67.2 Å². The Balaban J connectivity index is 1.47. The highest BCUT2D eigenvalue weighted by Crippen LogP contribution is 2.12. The minimum atomic E-state index is -0.304. The van der Waals surface area contributed by atoms with Gasteiger partial charge < -0.3 is 14.0 Å². The van der Waals surface area contributed by atoms with Crippen molar-refractivity contribution in [2.75, 3.05) is 32.8 Å². The van der Waals surface area contributed by atoms with Crippen LogP contribution in [0, 0.1) is 0 Å². The Morgan fingerprint density at radius 2 is 1.96 bits per heavy atom. The summed E-state index contributed by atoms with van der Waals surface area (Å²) in [7, 11) is 0. The van der Waals surface area contributed by atoms with Gasteiger partial charge in [-0.2, -0.15) is 0 Å². The van der Waals surface area contributed by atoms with Crippen LogP contribution in [0.5, 0.6) is 0 Å². The Hall–Kier alpha value is -2.41. The number of carbonyl (C=O) groups is 2. The molecule has 0 N–H and O–H groups in total. The van der Waals surface area contributed by atoms with Gasteiger partial charge in [-0.3, -0.25) is 14.5 Å². The Morgan fingerprint density at radius 1 is 1.16 bits per heavy atom. The van der Waals surface area contributed by atoms with Crippen molar-refractivity contribution in [2.45, 2.75) is 26.3 Å². The van der Waals surface area contributed by atoms with E-state index in [9.17, 15) is 9.59 Å². The van der Waals surface area contributed by atoms with Crippen molar-refractivity contribution < 1.29 is 14.3 Å². The Morgan fingerprint density at radius 3 is 2.72 bits per heavy atom. The molecule has 7 nitrogen and oxygen atoms in total. The third kappa shape index (κ3) is 4.36. The normalized spacial score (nSPS) is 15.5. The summed E-state index contributed by atoms with van der Waals surface area (Å²) in [4.78, 5) is 32.1. The van der Waals surface area contributed by atoms with Crippen molar-refractivity contribution in [1.29, 1.82) is 0 Å². The zero-order chi connectivity index (χ0) is 17.6. The molecular weight excluding hydrogens is 320 g/mol.